The monoisotopic (exact) mass is 128 g/mol. The average molecular weight is 128 g/mol. The molecule has 0 radical (unpaired) electrons. The average Bonchev–Trinajstić information content (AvgIpc) is 2.14. The number of nitrogens with zero attached hydrogens (tertiary/aromatic N) is 1. The number of rotatable bonds is 1. The van der Waals surface area contributed by atoms with Gasteiger partial charge in [0, 0.05) is 18.7 Å². The van der Waals surface area contributed by atoms with Gasteiger partial charge >= 0.3 is 5.97 Å². The number of nitrogens with two attached hydrogens (primary N) is 1. The largest absolute Gasteiger partial charge is 0.480 e. The summed E-state index contributed by atoms with van der Waals surface area (Å²) in [5.41, 5.74) is 5.35. The number of hydrogen-bond acceptors (Lipinski definition) is 3. The normalized spacial score (nSPS) is 33.0. The predicted octanol–water partition coefficient (Wildman–Crippen LogP) is -0.759. The van der Waals surface area contributed by atoms with E-state index in [1.807, 2.05) is 0 Å². The first-order chi connectivity index (χ1) is 4.20. The first-order valence-electron chi connectivity index (χ1n) is 2.72. The molecule has 0 amide bonds. The Morgan fingerprint density at radius 3 is 2.78 bits per heavy atom. The zero-order chi connectivity index (χ0) is 6.85. The fraction of sp³-hybridized carbons (Fsp3) is 0.600. The SMILES string of the molecule is NC1C=NC(C(=O)O)C1. The summed E-state index contributed by atoms with van der Waals surface area (Å²) in [6.07, 6.45) is 1.92. The highest BCUT2D eigenvalue weighted by molar-refractivity contribution is 5.80. The van der Waals surface area contributed by atoms with Gasteiger partial charge in [-0.2, -0.15) is 0 Å². The topological polar surface area (TPSA) is 75.7 Å². The minimum absolute atomic E-state index is 0.161. The molecule has 0 saturated carbocycles. The molecule has 1 rings (SSSR count). The van der Waals surface area contributed by atoms with E-state index in [1.165, 1.54) is 6.21 Å². The summed E-state index contributed by atoms with van der Waals surface area (Å²) < 4.78 is 0. The summed E-state index contributed by atoms with van der Waals surface area (Å²) >= 11 is 0. The van der Waals surface area contributed by atoms with Crippen LogP contribution < -0.4 is 5.73 Å². The van der Waals surface area contributed by atoms with Gasteiger partial charge in [0.2, 0.25) is 0 Å². The molecule has 1 aliphatic rings. The van der Waals surface area contributed by atoms with E-state index >= 15 is 0 Å². The van der Waals surface area contributed by atoms with Crippen LogP contribution in [-0.4, -0.2) is 29.4 Å². The van der Waals surface area contributed by atoms with Crippen molar-refractivity contribution >= 4 is 12.2 Å². The molecule has 1 aliphatic heterocycles. The zero-order valence-corrected chi connectivity index (χ0v) is 4.82. The summed E-state index contributed by atoms with van der Waals surface area (Å²) in [7, 11) is 0. The first-order valence-corrected chi connectivity index (χ1v) is 2.72. The molecule has 0 aromatic carbocycles. The van der Waals surface area contributed by atoms with E-state index in [0.29, 0.717) is 6.42 Å². The molecule has 9 heavy (non-hydrogen) atoms. The molecule has 3 N–H and O–H groups in total. The Kier molecular flexibility index (Phi) is 1.48. The molecule has 2 unspecified atom stereocenters. The second-order valence-corrected chi connectivity index (χ2v) is 2.05. The molecule has 50 valence electrons. The van der Waals surface area contributed by atoms with E-state index in [-0.39, 0.29) is 6.04 Å². The molecule has 0 aliphatic carbocycles. The van der Waals surface area contributed by atoms with E-state index in [2.05, 4.69) is 4.99 Å². The van der Waals surface area contributed by atoms with Gasteiger partial charge in [-0.25, -0.2) is 4.79 Å². The van der Waals surface area contributed by atoms with E-state index < -0.39 is 12.0 Å². The van der Waals surface area contributed by atoms with Gasteiger partial charge in [0.1, 0.15) is 6.04 Å². The quantitative estimate of drug-likeness (QED) is 0.487. The third-order valence-corrected chi connectivity index (χ3v) is 1.24. The highest BCUT2D eigenvalue weighted by Gasteiger charge is 2.22. The van der Waals surface area contributed by atoms with Gasteiger partial charge in [-0.1, -0.05) is 0 Å². The Morgan fingerprint density at radius 1 is 1.89 bits per heavy atom. The number of carbonyl (C=O) groups is 1. The Morgan fingerprint density at radius 2 is 2.56 bits per heavy atom. The van der Waals surface area contributed by atoms with Gasteiger partial charge in [-0.3, -0.25) is 4.99 Å². The fourth-order valence-corrected chi connectivity index (χ4v) is 0.759. The van der Waals surface area contributed by atoms with Crippen molar-refractivity contribution in [2.75, 3.05) is 0 Å². The molecule has 4 nitrogen and oxygen atoms in total. The summed E-state index contributed by atoms with van der Waals surface area (Å²) in [6, 6.07) is -0.758. The Bertz CT molecular complexity index is 155. The highest BCUT2D eigenvalue weighted by Crippen LogP contribution is 2.06. The third kappa shape index (κ3) is 1.26. The summed E-state index contributed by atoms with van der Waals surface area (Å²) in [6.45, 7) is 0. The lowest BCUT2D eigenvalue weighted by molar-refractivity contribution is -0.138. The van der Waals surface area contributed by atoms with Crippen LogP contribution in [0, 0.1) is 0 Å². The second-order valence-electron chi connectivity index (χ2n) is 2.05. The van der Waals surface area contributed by atoms with Crippen molar-refractivity contribution in [3.63, 3.8) is 0 Å². The molecule has 4 heteroatoms. The van der Waals surface area contributed by atoms with E-state index in [0.717, 1.165) is 0 Å². The van der Waals surface area contributed by atoms with Gasteiger partial charge in [0.05, 0.1) is 0 Å². The summed E-state index contributed by atoms with van der Waals surface area (Å²) in [5, 5.41) is 8.36. The van der Waals surface area contributed by atoms with E-state index in [1.54, 1.807) is 0 Å². The van der Waals surface area contributed by atoms with E-state index in [4.69, 9.17) is 10.8 Å². The minimum Gasteiger partial charge on any atom is -0.480 e. The van der Waals surface area contributed by atoms with Crippen LogP contribution >= 0.6 is 0 Å². The Hall–Kier alpha value is -0.900. The number of aliphatic carboxylic acids is 1. The molecule has 0 bridgehead atoms. The van der Waals surface area contributed by atoms with Crippen molar-refractivity contribution < 1.29 is 9.90 Å². The maximum atomic E-state index is 10.2. The fourth-order valence-electron chi connectivity index (χ4n) is 0.759. The lowest BCUT2D eigenvalue weighted by Gasteiger charge is -1.98. The first kappa shape index (κ1) is 6.22. The van der Waals surface area contributed by atoms with Gasteiger partial charge in [0.15, 0.2) is 0 Å². The van der Waals surface area contributed by atoms with Crippen molar-refractivity contribution in [3.8, 4) is 0 Å². The number of hydrogen-bond donors (Lipinski definition) is 2. The standard InChI is InChI=1S/C5H8N2O2/c6-3-1-4(5(8)9)7-2-3/h2-4H,1,6H2,(H,8,9). The number of carboxylic acids is 1. The third-order valence-electron chi connectivity index (χ3n) is 1.24. The van der Waals surface area contributed by atoms with Crippen LogP contribution in [-0.2, 0) is 4.79 Å². The molecule has 0 spiro atoms. The van der Waals surface area contributed by atoms with Crippen molar-refractivity contribution in [3.05, 3.63) is 0 Å². The molecule has 2 atom stereocenters. The van der Waals surface area contributed by atoms with Crippen molar-refractivity contribution in [2.45, 2.75) is 18.5 Å². The lowest BCUT2D eigenvalue weighted by Crippen LogP contribution is -2.23. The van der Waals surface area contributed by atoms with Crippen LogP contribution in [0.4, 0.5) is 0 Å². The molecule has 0 aromatic rings. The lowest BCUT2D eigenvalue weighted by atomic mass is 10.2. The molecule has 0 saturated heterocycles. The maximum absolute atomic E-state index is 10.2. The Labute approximate surface area is 52.4 Å². The smallest absolute Gasteiger partial charge is 0.328 e. The van der Waals surface area contributed by atoms with Crippen LogP contribution in [0.5, 0.6) is 0 Å². The zero-order valence-electron chi connectivity index (χ0n) is 4.82. The Balaban J connectivity index is 2.50. The predicted molar refractivity (Wildman–Crippen MR) is 32.5 cm³/mol. The van der Waals surface area contributed by atoms with Gasteiger partial charge in [-0.15, -0.1) is 0 Å². The van der Waals surface area contributed by atoms with Gasteiger partial charge in [-0.05, 0) is 0 Å². The maximum Gasteiger partial charge on any atom is 0.328 e. The van der Waals surface area contributed by atoms with Crippen molar-refractivity contribution in [1.29, 1.82) is 0 Å². The molecule has 0 aromatic heterocycles. The van der Waals surface area contributed by atoms with Gasteiger partial charge in [0.25, 0.3) is 0 Å². The number of carboxylic acid groups (broad SMARTS) is 1. The van der Waals surface area contributed by atoms with Crippen LogP contribution in [0.2, 0.25) is 0 Å². The van der Waals surface area contributed by atoms with Crippen LogP contribution in [0.1, 0.15) is 6.42 Å². The van der Waals surface area contributed by atoms with Gasteiger partial charge < -0.3 is 10.8 Å². The number of aliphatic imine (C=N–C) groups is 1. The van der Waals surface area contributed by atoms with Crippen LogP contribution in [0.25, 0.3) is 0 Å². The highest BCUT2D eigenvalue weighted by atomic mass is 16.4. The van der Waals surface area contributed by atoms with Crippen LogP contribution in [0.15, 0.2) is 4.99 Å². The van der Waals surface area contributed by atoms with Crippen molar-refractivity contribution in [1.82, 2.24) is 0 Å². The molecular formula is C5H8N2O2. The molecular weight excluding hydrogens is 120 g/mol. The van der Waals surface area contributed by atoms with E-state index in [9.17, 15) is 4.79 Å². The van der Waals surface area contributed by atoms with Crippen LogP contribution in [0.3, 0.4) is 0 Å². The van der Waals surface area contributed by atoms with Crippen molar-refractivity contribution in [2.24, 2.45) is 10.7 Å². The summed E-state index contributed by atoms with van der Waals surface area (Å²) in [5.74, 6) is -0.890. The molecule has 1 heterocycles. The molecule has 0 fully saturated rings. The summed E-state index contributed by atoms with van der Waals surface area (Å²) in [4.78, 5) is 13.8. The second kappa shape index (κ2) is 2.14. The minimum atomic E-state index is -0.890.